The molecule has 0 atom stereocenters. The summed E-state index contributed by atoms with van der Waals surface area (Å²) < 4.78 is 5.61. The minimum absolute atomic E-state index is 0.255. The molecule has 0 aromatic heterocycles. The van der Waals surface area contributed by atoms with Gasteiger partial charge in [-0.3, -0.25) is 4.79 Å². The van der Waals surface area contributed by atoms with Gasteiger partial charge in [0.1, 0.15) is 0 Å². The third kappa shape index (κ3) is 4.10. The van der Waals surface area contributed by atoms with Crippen LogP contribution in [0.3, 0.4) is 0 Å². The Morgan fingerprint density at radius 3 is 2.15 bits per heavy atom. The first-order valence-electron chi connectivity index (χ1n) is 8.34. The van der Waals surface area contributed by atoms with Gasteiger partial charge in [0.05, 0.1) is 5.57 Å². The Bertz CT molecular complexity index is 897. The van der Waals surface area contributed by atoms with Crippen molar-refractivity contribution in [2.45, 2.75) is 33.3 Å². The first-order chi connectivity index (χ1) is 12.3. The van der Waals surface area contributed by atoms with Crippen molar-refractivity contribution < 1.29 is 14.3 Å². The Hall–Kier alpha value is -3.12. The van der Waals surface area contributed by atoms with Crippen LogP contribution in [0, 0.1) is 19.3 Å². The molecule has 0 bridgehead atoms. The van der Waals surface area contributed by atoms with Crippen LogP contribution >= 0.6 is 0 Å². The summed E-state index contributed by atoms with van der Waals surface area (Å²) in [5.41, 5.74) is 1.45. The van der Waals surface area contributed by atoms with Gasteiger partial charge in [-0.05, 0) is 38.8 Å². The second kappa shape index (κ2) is 7.84. The van der Waals surface area contributed by atoms with Gasteiger partial charge in [-0.1, -0.05) is 60.5 Å². The van der Waals surface area contributed by atoms with Crippen LogP contribution in [0.1, 0.15) is 42.3 Å². The third-order valence-corrected chi connectivity index (χ3v) is 4.14. The van der Waals surface area contributed by atoms with Crippen LogP contribution in [0.15, 0.2) is 60.2 Å². The fraction of sp³-hybridized carbons (Fsp3) is 0.217. The maximum atomic E-state index is 12.9. The highest BCUT2D eigenvalue weighted by Crippen LogP contribution is 2.26. The first-order valence-corrected chi connectivity index (χ1v) is 8.34. The van der Waals surface area contributed by atoms with E-state index in [4.69, 9.17) is 11.2 Å². The molecule has 2 aromatic carbocycles. The van der Waals surface area contributed by atoms with E-state index in [9.17, 15) is 9.59 Å². The molecule has 2 rings (SSSR count). The molecular formula is C23H22O3. The summed E-state index contributed by atoms with van der Waals surface area (Å²) in [7, 11) is 0. The molecule has 26 heavy (non-hydrogen) atoms. The molecule has 0 aliphatic carbocycles. The van der Waals surface area contributed by atoms with Crippen molar-refractivity contribution in [1.29, 1.82) is 0 Å². The van der Waals surface area contributed by atoms with E-state index >= 15 is 0 Å². The van der Waals surface area contributed by atoms with Gasteiger partial charge in [0.15, 0.2) is 5.60 Å². The predicted molar refractivity (Wildman–Crippen MR) is 104 cm³/mol. The lowest BCUT2D eigenvalue weighted by Gasteiger charge is -2.25. The number of benzene rings is 2. The largest absolute Gasteiger partial charge is 0.448 e. The molecule has 0 fully saturated rings. The maximum absolute atomic E-state index is 12.9. The van der Waals surface area contributed by atoms with Crippen molar-refractivity contribution in [3.05, 3.63) is 76.9 Å². The van der Waals surface area contributed by atoms with Gasteiger partial charge in [0.25, 0.3) is 0 Å². The number of hydrogen-bond acceptors (Lipinski definition) is 3. The summed E-state index contributed by atoms with van der Waals surface area (Å²) in [4.78, 5) is 25.7. The van der Waals surface area contributed by atoms with E-state index in [1.807, 2.05) is 37.3 Å². The molecule has 0 aliphatic rings. The fourth-order valence-electron chi connectivity index (χ4n) is 2.65. The first kappa shape index (κ1) is 19.2. The zero-order valence-corrected chi connectivity index (χ0v) is 15.5. The van der Waals surface area contributed by atoms with Crippen molar-refractivity contribution >= 4 is 17.3 Å². The van der Waals surface area contributed by atoms with Crippen LogP contribution in [0.25, 0.3) is 5.57 Å². The molecule has 3 heteroatoms. The minimum Gasteiger partial charge on any atom is -0.448 e. The molecule has 132 valence electrons. The van der Waals surface area contributed by atoms with Gasteiger partial charge >= 0.3 is 5.97 Å². The van der Waals surface area contributed by atoms with Crippen molar-refractivity contribution in [1.82, 2.24) is 0 Å². The van der Waals surface area contributed by atoms with Gasteiger partial charge in [-0.25, -0.2) is 4.79 Å². The van der Waals surface area contributed by atoms with Crippen molar-refractivity contribution in [2.75, 3.05) is 0 Å². The molecule has 0 heterocycles. The molecule has 0 aliphatic heterocycles. The summed E-state index contributed by atoms with van der Waals surface area (Å²) >= 11 is 0. The Labute approximate surface area is 154 Å². The standard InChI is InChI=1S/C23H22O3/c1-6-16(2)20(18-13-8-7-9-14-18)22(25)26-23(4,5)21(24)19-15-11-10-12-17(19)3/h1,7-15H,2-5H3. The number of rotatable bonds is 5. The van der Waals surface area contributed by atoms with Crippen LogP contribution in [-0.4, -0.2) is 17.4 Å². The number of hydrogen-bond donors (Lipinski definition) is 0. The van der Waals surface area contributed by atoms with Crippen LogP contribution in [0.4, 0.5) is 0 Å². The third-order valence-electron chi connectivity index (χ3n) is 4.14. The Balaban J connectivity index is 2.36. The van der Waals surface area contributed by atoms with Gasteiger partial charge in [0.2, 0.25) is 5.78 Å². The van der Waals surface area contributed by atoms with Gasteiger partial charge in [-0.15, -0.1) is 6.42 Å². The van der Waals surface area contributed by atoms with Crippen LogP contribution < -0.4 is 0 Å². The summed E-state index contributed by atoms with van der Waals surface area (Å²) in [6, 6.07) is 16.3. The number of esters is 1. The highest BCUT2D eigenvalue weighted by atomic mass is 16.6. The van der Waals surface area contributed by atoms with E-state index in [1.54, 1.807) is 45.0 Å². The highest BCUT2D eigenvalue weighted by molar-refractivity contribution is 6.19. The molecule has 0 unspecified atom stereocenters. The van der Waals surface area contributed by atoms with Crippen LogP contribution in [0.2, 0.25) is 0 Å². The predicted octanol–water partition coefficient (Wildman–Crippen LogP) is 4.61. The lowest BCUT2D eigenvalue weighted by atomic mass is 9.93. The zero-order valence-electron chi connectivity index (χ0n) is 15.5. The number of ether oxygens (including phenoxy) is 1. The minimum atomic E-state index is -1.32. The van der Waals surface area contributed by atoms with Gasteiger partial charge in [0, 0.05) is 11.1 Å². The van der Waals surface area contributed by atoms with Crippen molar-refractivity contribution in [3.63, 3.8) is 0 Å². The number of carbonyl (C=O) groups is 2. The summed E-state index contributed by atoms with van der Waals surface area (Å²) in [5.74, 6) is 1.63. The second-order valence-corrected chi connectivity index (χ2v) is 6.55. The fourth-order valence-corrected chi connectivity index (χ4v) is 2.65. The van der Waals surface area contributed by atoms with Crippen LogP contribution in [-0.2, 0) is 9.53 Å². The molecule has 0 saturated heterocycles. The highest BCUT2D eigenvalue weighted by Gasteiger charge is 2.35. The second-order valence-electron chi connectivity index (χ2n) is 6.55. The molecule has 3 nitrogen and oxygen atoms in total. The van der Waals surface area contributed by atoms with E-state index in [0.29, 0.717) is 22.3 Å². The molecule has 0 radical (unpaired) electrons. The Kier molecular flexibility index (Phi) is 5.79. The van der Waals surface area contributed by atoms with E-state index in [1.165, 1.54) is 0 Å². The monoisotopic (exact) mass is 346 g/mol. The SMILES string of the molecule is C#CC(C)=C(C(=O)OC(C)(C)C(=O)c1ccccc1C)c1ccccc1. The average molecular weight is 346 g/mol. The Morgan fingerprint density at radius 2 is 1.58 bits per heavy atom. The van der Waals surface area contributed by atoms with E-state index in [0.717, 1.165) is 5.56 Å². The lowest BCUT2D eigenvalue weighted by molar-refractivity contribution is -0.145. The summed E-state index contributed by atoms with van der Waals surface area (Å²) in [6.45, 7) is 6.71. The van der Waals surface area contributed by atoms with E-state index in [2.05, 4.69) is 5.92 Å². The quantitative estimate of drug-likeness (QED) is 0.344. The molecule has 2 aromatic rings. The number of allylic oxidation sites excluding steroid dienone is 1. The van der Waals surface area contributed by atoms with Crippen molar-refractivity contribution in [2.24, 2.45) is 0 Å². The topological polar surface area (TPSA) is 43.4 Å². The van der Waals surface area contributed by atoms with Gasteiger partial charge in [-0.2, -0.15) is 0 Å². The zero-order chi connectivity index (χ0) is 19.3. The lowest BCUT2D eigenvalue weighted by Crippen LogP contribution is -2.38. The maximum Gasteiger partial charge on any atom is 0.340 e. The number of ketones is 1. The number of aryl methyl sites for hydroxylation is 1. The smallest absolute Gasteiger partial charge is 0.340 e. The van der Waals surface area contributed by atoms with Crippen LogP contribution in [0.5, 0.6) is 0 Å². The molecular weight excluding hydrogens is 324 g/mol. The molecule has 0 saturated carbocycles. The van der Waals surface area contributed by atoms with E-state index < -0.39 is 11.6 Å². The van der Waals surface area contributed by atoms with Crippen molar-refractivity contribution in [3.8, 4) is 12.3 Å². The average Bonchev–Trinajstić information content (AvgIpc) is 2.62. The number of terminal acetylenes is 1. The molecule has 0 amide bonds. The Morgan fingerprint density at radius 1 is 1.00 bits per heavy atom. The number of Topliss-reactive ketones (excluding diaryl/α,β-unsaturated/α-hetero) is 1. The summed E-state index contributed by atoms with van der Waals surface area (Å²) in [5, 5.41) is 0. The number of carbonyl (C=O) groups excluding carboxylic acids is 2. The van der Waals surface area contributed by atoms with E-state index in [-0.39, 0.29) is 5.78 Å². The normalized spacial score (nSPS) is 12.0. The molecule has 0 spiro atoms. The summed E-state index contributed by atoms with van der Waals surface area (Å²) in [6.07, 6.45) is 5.50. The molecule has 0 N–H and O–H groups in total. The van der Waals surface area contributed by atoms with Gasteiger partial charge < -0.3 is 4.74 Å².